The molecular formula is C28H32N4O6S. The van der Waals surface area contributed by atoms with E-state index < -0.39 is 22.8 Å². The van der Waals surface area contributed by atoms with Gasteiger partial charge in [-0.3, -0.25) is 14.3 Å². The van der Waals surface area contributed by atoms with Crippen molar-refractivity contribution in [2.24, 2.45) is 0 Å². The SMILES string of the molecule is COc1ccccc1C(Cn1c(=O)n(C(C)(C)C(=O)O)c(=O)c2c(C)c(-c3ncco3)sc21)N1CCCCC1. The number of piperidine rings is 1. The van der Waals surface area contributed by atoms with Gasteiger partial charge < -0.3 is 14.3 Å². The number of hydrogen-bond donors (Lipinski definition) is 1. The third-order valence-corrected chi connectivity index (χ3v) is 8.91. The molecule has 0 amide bonds. The van der Waals surface area contributed by atoms with Gasteiger partial charge in [-0.1, -0.05) is 24.6 Å². The zero-order valence-electron chi connectivity index (χ0n) is 22.5. The van der Waals surface area contributed by atoms with Crippen molar-refractivity contribution >= 4 is 27.5 Å². The van der Waals surface area contributed by atoms with Crippen molar-refractivity contribution < 1.29 is 19.1 Å². The number of likely N-dealkylation sites (tertiary alicyclic amines) is 1. The van der Waals surface area contributed by atoms with E-state index in [1.54, 1.807) is 18.6 Å². The van der Waals surface area contributed by atoms with Gasteiger partial charge in [0.2, 0.25) is 5.89 Å². The van der Waals surface area contributed by atoms with Crippen molar-refractivity contribution in [3.63, 3.8) is 0 Å². The maximum atomic E-state index is 14.1. The molecule has 0 bridgehead atoms. The zero-order chi connectivity index (χ0) is 27.9. The molecule has 1 N–H and O–H groups in total. The predicted molar refractivity (Wildman–Crippen MR) is 149 cm³/mol. The fourth-order valence-corrected chi connectivity index (χ4v) is 6.63. The summed E-state index contributed by atoms with van der Waals surface area (Å²) in [7, 11) is 1.62. The smallest absolute Gasteiger partial charge is 0.333 e. The molecule has 1 saturated heterocycles. The Balaban J connectivity index is 1.80. The average molecular weight is 553 g/mol. The largest absolute Gasteiger partial charge is 0.496 e. The van der Waals surface area contributed by atoms with E-state index in [1.807, 2.05) is 24.3 Å². The van der Waals surface area contributed by atoms with E-state index in [1.165, 1.54) is 37.6 Å². The fraction of sp³-hybridized carbons (Fsp3) is 0.429. The Kier molecular flexibility index (Phi) is 7.21. The molecule has 4 heterocycles. The topological polar surface area (TPSA) is 120 Å². The van der Waals surface area contributed by atoms with Gasteiger partial charge in [0.25, 0.3) is 5.56 Å². The Morgan fingerprint density at radius 2 is 1.92 bits per heavy atom. The number of fused-ring (bicyclic) bond motifs is 1. The lowest BCUT2D eigenvalue weighted by molar-refractivity contribution is -0.146. The summed E-state index contributed by atoms with van der Waals surface area (Å²) < 4.78 is 13.7. The van der Waals surface area contributed by atoms with Crippen molar-refractivity contribution in [2.45, 2.75) is 58.2 Å². The first-order valence-electron chi connectivity index (χ1n) is 13.0. The number of para-hydroxylation sites is 1. The van der Waals surface area contributed by atoms with Gasteiger partial charge in [0.05, 0.1) is 29.6 Å². The Morgan fingerprint density at radius 3 is 2.56 bits per heavy atom. The first kappa shape index (κ1) is 26.9. The first-order valence-corrected chi connectivity index (χ1v) is 13.8. The second kappa shape index (κ2) is 10.5. The number of aryl methyl sites for hydroxylation is 1. The number of nitrogens with zero attached hydrogens (tertiary/aromatic N) is 4. The van der Waals surface area contributed by atoms with Gasteiger partial charge >= 0.3 is 11.7 Å². The number of carboxylic acids is 1. The molecule has 3 aromatic heterocycles. The summed E-state index contributed by atoms with van der Waals surface area (Å²) in [6.45, 7) is 6.42. The number of aliphatic carboxylic acids is 1. The molecule has 1 aliphatic rings. The van der Waals surface area contributed by atoms with Crippen LogP contribution in [-0.4, -0.2) is 50.3 Å². The molecule has 1 aliphatic heterocycles. The molecule has 0 aliphatic carbocycles. The molecule has 39 heavy (non-hydrogen) atoms. The Labute approximate surface area is 229 Å². The minimum atomic E-state index is -1.77. The summed E-state index contributed by atoms with van der Waals surface area (Å²) in [6, 6.07) is 7.50. The van der Waals surface area contributed by atoms with Crippen LogP contribution in [0, 0.1) is 6.92 Å². The van der Waals surface area contributed by atoms with E-state index in [9.17, 15) is 19.5 Å². The Hall–Kier alpha value is -3.70. The maximum absolute atomic E-state index is 14.1. The van der Waals surface area contributed by atoms with E-state index in [0.29, 0.717) is 32.3 Å². The number of ether oxygens (including phenoxy) is 1. The van der Waals surface area contributed by atoms with Crippen molar-refractivity contribution in [1.29, 1.82) is 0 Å². The number of rotatable bonds is 8. The lowest BCUT2D eigenvalue weighted by atomic mass is 10.00. The summed E-state index contributed by atoms with van der Waals surface area (Å²) >= 11 is 1.25. The second-order valence-corrected chi connectivity index (χ2v) is 11.3. The van der Waals surface area contributed by atoms with Crippen molar-refractivity contribution in [3.8, 4) is 16.5 Å². The van der Waals surface area contributed by atoms with E-state index in [0.717, 1.165) is 42.5 Å². The fourth-order valence-electron chi connectivity index (χ4n) is 5.39. The van der Waals surface area contributed by atoms with Crippen molar-refractivity contribution in [3.05, 3.63) is 68.7 Å². The number of aromatic nitrogens is 3. The molecule has 206 valence electrons. The third kappa shape index (κ3) is 4.59. The van der Waals surface area contributed by atoms with Crippen LogP contribution in [0.3, 0.4) is 0 Å². The highest BCUT2D eigenvalue weighted by Crippen LogP contribution is 2.38. The van der Waals surface area contributed by atoms with Crippen LogP contribution in [0.2, 0.25) is 0 Å². The van der Waals surface area contributed by atoms with Crippen LogP contribution < -0.4 is 16.0 Å². The lowest BCUT2D eigenvalue weighted by Crippen LogP contribution is -2.53. The minimum absolute atomic E-state index is 0.205. The highest BCUT2D eigenvalue weighted by molar-refractivity contribution is 7.22. The Morgan fingerprint density at radius 1 is 1.21 bits per heavy atom. The molecule has 1 atom stereocenters. The quantitative estimate of drug-likeness (QED) is 0.345. The van der Waals surface area contributed by atoms with Crippen LogP contribution in [0.5, 0.6) is 5.75 Å². The van der Waals surface area contributed by atoms with E-state index in [4.69, 9.17) is 9.15 Å². The summed E-state index contributed by atoms with van der Waals surface area (Å²) in [5.41, 5.74) is -1.56. The molecular weight excluding hydrogens is 520 g/mol. The number of methoxy groups -OCH3 is 1. The molecule has 1 aromatic carbocycles. The summed E-state index contributed by atoms with van der Waals surface area (Å²) in [5, 5.41) is 10.3. The van der Waals surface area contributed by atoms with Gasteiger partial charge in [0.15, 0.2) is 0 Å². The molecule has 0 saturated carbocycles. The summed E-state index contributed by atoms with van der Waals surface area (Å²) in [4.78, 5) is 47.9. The zero-order valence-corrected chi connectivity index (χ0v) is 23.3. The highest BCUT2D eigenvalue weighted by Gasteiger charge is 2.36. The van der Waals surface area contributed by atoms with Crippen LogP contribution in [-0.2, 0) is 16.9 Å². The molecule has 4 aromatic rings. The number of oxazole rings is 1. The lowest BCUT2D eigenvalue weighted by Gasteiger charge is -2.36. The van der Waals surface area contributed by atoms with E-state index >= 15 is 0 Å². The summed E-state index contributed by atoms with van der Waals surface area (Å²) in [5.74, 6) is -0.224. The van der Waals surface area contributed by atoms with Gasteiger partial charge in [0.1, 0.15) is 22.4 Å². The van der Waals surface area contributed by atoms with Crippen molar-refractivity contribution in [2.75, 3.05) is 20.2 Å². The van der Waals surface area contributed by atoms with Gasteiger partial charge in [-0.05, 0) is 58.3 Å². The van der Waals surface area contributed by atoms with Gasteiger partial charge in [-0.25, -0.2) is 19.1 Å². The van der Waals surface area contributed by atoms with Crippen LogP contribution >= 0.6 is 11.3 Å². The van der Waals surface area contributed by atoms with Gasteiger partial charge in [-0.15, -0.1) is 11.3 Å². The highest BCUT2D eigenvalue weighted by atomic mass is 32.1. The van der Waals surface area contributed by atoms with Crippen LogP contribution in [0.25, 0.3) is 21.0 Å². The number of carbonyl (C=O) groups is 1. The number of thiophene rings is 1. The first-order chi connectivity index (χ1) is 18.7. The van der Waals surface area contributed by atoms with E-state index in [-0.39, 0.29) is 12.6 Å². The van der Waals surface area contributed by atoms with Crippen LogP contribution in [0.1, 0.15) is 50.3 Å². The van der Waals surface area contributed by atoms with Gasteiger partial charge in [0, 0.05) is 12.1 Å². The average Bonchev–Trinajstić information content (AvgIpc) is 3.57. The Bertz CT molecular complexity index is 1630. The molecule has 1 fully saturated rings. The molecule has 0 radical (unpaired) electrons. The second-order valence-electron chi connectivity index (χ2n) is 10.3. The van der Waals surface area contributed by atoms with Gasteiger partial charge in [-0.2, -0.15) is 0 Å². The summed E-state index contributed by atoms with van der Waals surface area (Å²) in [6.07, 6.45) is 6.18. The molecule has 1 unspecified atom stereocenters. The normalized spacial score (nSPS) is 15.5. The molecule has 0 spiro atoms. The van der Waals surface area contributed by atoms with Crippen LogP contribution in [0.4, 0.5) is 0 Å². The maximum Gasteiger partial charge on any atom is 0.333 e. The molecule has 11 heteroatoms. The predicted octanol–water partition coefficient (Wildman–Crippen LogP) is 4.24. The van der Waals surface area contributed by atoms with Crippen LogP contribution in [0.15, 0.2) is 50.7 Å². The minimum Gasteiger partial charge on any atom is -0.496 e. The standard InChI is InChI=1S/C28H32N4O6S/c1-17-21-24(33)32(28(2,3)26(34)35)27(36)31(25(21)39-22(17)23-29-12-15-38-23)16-19(30-13-8-5-9-14-30)18-10-6-7-11-20(18)37-4/h6-7,10-12,15,19H,5,8-9,13-14,16H2,1-4H3,(H,34,35). The van der Waals surface area contributed by atoms with E-state index in [2.05, 4.69) is 9.88 Å². The molecule has 10 nitrogen and oxygen atoms in total. The molecule has 5 rings (SSSR count). The third-order valence-electron chi connectivity index (χ3n) is 7.61. The monoisotopic (exact) mass is 552 g/mol. The number of hydrogen-bond acceptors (Lipinski definition) is 8. The van der Waals surface area contributed by atoms with Crippen molar-refractivity contribution in [1.82, 2.24) is 19.0 Å². The number of benzene rings is 1. The number of carboxylic acid groups (broad SMARTS) is 1.